The molecular weight excluding hydrogens is 328 g/mol. The first-order valence-corrected chi connectivity index (χ1v) is 2.58. The van der Waals surface area contributed by atoms with Crippen LogP contribution in [0.25, 0.3) is 0 Å². The van der Waals surface area contributed by atoms with Crippen LogP contribution in [0.4, 0.5) is 0 Å². The summed E-state index contributed by atoms with van der Waals surface area (Å²) in [6.45, 7) is 6.00. The molecule has 0 aromatic rings. The standard InChI is InChI=1S/C5H5.3CH2O.W.5H/c1-2-4-5-3-1;3*1-2;;;;;;/h1-3H,4H2;3*1H2;;;;;;/q-1;;;;;5*-1. The first-order valence-electron chi connectivity index (χ1n) is 2.58. The molecule has 0 radical (unpaired) electrons. The molecule has 0 amide bonds. The van der Waals surface area contributed by atoms with Crippen molar-refractivity contribution in [1.82, 2.24) is 0 Å². The van der Waals surface area contributed by atoms with E-state index in [4.69, 9.17) is 14.4 Å². The molecule has 0 aromatic carbocycles. The Morgan fingerprint density at radius 2 is 1.50 bits per heavy atom. The summed E-state index contributed by atoms with van der Waals surface area (Å²) in [5.74, 6) is 0. The second-order valence-corrected chi connectivity index (χ2v) is 1.00. The summed E-state index contributed by atoms with van der Waals surface area (Å²) >= 11 is 0. The second-order valence-electron chi connectivity index (χ2n) is 1.00. The summed E-state index contributed by atoms with van der Waals surface area (Å²) < 4.78 is 0. The van der Waals surface area contributed by atoms with E-state index < -0.39 is 0 Å². The molecule has 0 aliphatic heterocycles. The third-order valence-corrected chi connectivity index (χ3v) is 0.586. The van der Waals surface area contributed by atoms with Crippen LogP contribution >= 0.6 is 0 Å². The van der Waals surface area contributed by atoms with E-state index in [1.54, 1.807) is 0 Å². The number of rotatable bonds is 0. The van der Waals surface area contributed by atoms with Gasteiger partial charge in [0.25, 0.3) is 0 Å². The summed E-state index contributed by atoms with van der Waals surface area (Å²) in [7, 11) is 0. The van der Waals surface area contributed by atoms with Crippen LogP contribution in [0.5, 0.6) is 0 Å². The molecule has 0 saturated heterocycles. The molecule has 0 unspecified atom stereocenters. The minimum Gasteiger partial charge on any atom is -1.00 e. The number of hydrogen-bond acceptors (Lipinski definition) is 3. The first kappa shape index (κ1) is 22.5. The van der Waals surface area contributed by atoms with Gasteiger partial charge in [-0.2, -0.15) is 6.08 Å². The van der Waals surface area contributed by atoms with Gasteiger partial charge in [-0.25, -0.2) is 12.2 Å². The van der Waals surface area contributed by atoms with Crippen molar-refractivity contribution in [2.24, 2.45) is 0 Å². The van der Waals surface area contributed by atoms with E-state index in [1.807, 2.05) is 32.5 Å². The third kappa shape index (κ3) is 35.2. The van der Waals surface area contributed by atoms with E-state index in [-0.39, 0.29) is 28.2 Å². The molecule has 12 heavy (non-hydrogen) atoms. The summed E-state index contributed by atoms with van der Waals surface area (Å²) in [5.41, 5.74) is 0. The van der Waals surface area contributed by atoms with Gasteiger partial charge in [-0.1, -0.05) is 0 Å². The zero-order valence-electron chi connectivity index (χ0n) is 11.7. The van der Waals surface area contributed by atoms with Crippen LogP contribution in [0, 0.1) is 6.08 Å². The van der Waals surface area contributed by atoms with Gasteiger partial charge in [-0.3, -0.25) is 6.08 Å². The van der Waals surface area contributed by atoms with Crippen molar-refractivity contribution in [2.45, 2.75) is 6.42 Å². The van der Waals surface area contributed by atoms with Crippen molar-refractivity contribution < 1.29 is 42.6 Å². The molecule has 4 heteroatoms. The van der Waals surface area contributed by atoms with Crippen molar-refractivity contribution >= 4 is 20.4 Å². The van der Waals surface area contributed by atoms with Crippen molar-refractivity contribution in [1.29, 1.82) is 0 Å². The fourth-order valence-electron chi connectivity index (χ4n) is 0.340. The molecule has 0 heterocycles. The van der Waals surface area contributed by atoms with Gasteiger partial charge in [-0.05, 0) is 0 Å². The van der Waals surface area contributed by atoms with Crippen LogP contribution in [0.2, 0.25) is 0 Å². The van der Waals surface area contributed by atoms with E-state index >= 15 is 0 Å². The van der Waals surface area contributed by atoms with Crippen LogP contribution in [-0.2, 0) is 35.4 Å². The van der Waals surface area contributed by atoms with Gasteiger partial charge in [0.2, 0.25) is 0 Å². The van der Waals surface area contributed by atoms with E-state index in [2.05, 4.69) is 12.2 Å². The molecule has 0 fully saturated rings. The summed E-state index contributed by atoms with van der Waals surface area (Å²) in [4.78, 5) is 24.0. The van der Waals surface area contributed by atoms with Crippen LogP contribution < -0.4 is 0 Å². The Balaban J connectivity index is -0.00000000705. The van der Waals surface area contributed by atoms with Gasteiger partial charge < -0.3 is 21.5 Å². The Kier molecular flexibility index (Phi) is 92.0. The summed E-state index contributed by atoms with van der Waals surface area (Å²) in [5, 5.41) is 0. The van der Waals surface area contributed by atoms with Crippen LogP contribution in [0.1, 0.15) is 13.6 Å². The largest absolute Gasteiger partial charge is 1.00 e. The fraction of sp³-hybridized carbons (Fsp3) is 0.125. The number of hydrogen-bond donors (Lipinski definition) is 0. The number of carbonyl (C=O) groups is 3. The molecule has 1 aliphatic carbocycles. The number of allylic oxidation sites excluding steroid dienone is 4. The molecule has 1 rings (SSSR count). The molecule has 0 spiro atoms. The molecule has 0 bridgehead atoms. The maximum absolute atomic E-state index is 8.00. The van der Waals surface area contributed by atoms with Crippen molar-refractivity contribution in [3.63, 3.8) is 0 Å². The molecule has 0 aromatic heterocycles. The van der Waals surface area contributed by atoms with Crippen molar-refractivity contribution in [2.75, 3.05) is 0 Å². The van der Waals surface area contributed by atoms with Gasteiger partial charge in [0.05, 0.1) is 0 Å². The van der Waals surface area contributed by atoms with Crippen molar-refractivity contribution in [3.8, 4) is 0 Å². The second kappa shape index (κ2) is 49.1. The van der Waals surface area contributed by atoms with Crippen molar-refractivity contribution in [3.05, 3.63) is 24.3 Å². The predicted octanol–water partition coefficient (Wildman–Crippen LogP) is 1.31. The first-order chi connectivity index (χ1) is 5.50. The maximum Gasteiger partial charge on any atom is 0.106 e. The van der Waals surface area contributed by atoms with Crippen LogP contribution in [0.3, 0.4) is 0 Å². The van der Waals surface area contributed by atoms with Crippen LogP contribution in [0.15, 0.2) is 18.2 Å². The number of carbonyl (C=O) groups excluding carboxylic acids is 3. The Bertz CT molecular complexity index is 113. The molecule has 0 saturated carbocycles. The predicted molar refractivity (Wildman–Crippen MR) is 48.5 cm³/mol. The monoisotopic (exact) mass is 344 g/mol. The molecule has 0 N–H and O–H groups in total. The Morgan fingerprint density at radius 1 is 1.08 bits per heavy atom. The van der Waals surface area contributed by atoms with E-state index in [9.17, 15) is 0 Å². The minimum absolute atomic E-state index is 0. The average Bonchev–Trinajstić information content (AvgIpc) is 2.71. The van der Waals surface area contributed by atoms with Gasteiger partial charge >= 0.3 is 0 Å². The van der Waals surface area contributed by atoms with Gasteiger partial charge in [0.15, 0.2) is 0 Å². The van der Waals surface area contributed by atoms with E-state index in [1.165, 1.54) is 0 Å². The Labute approximate surface area is 94.2 Å². The quantitative estimate of drug-likeness (QED) is 0.623. The molecule has 78 valence electrons. The summed E-state index contributed by atoms with van der Waals surface area (Å²) in [6, 6.07) is 0. The Morgan fingerprint density at radius 3 is 1.58 bits per heavy atom. The van der Waals surface area contributed by atoms with Crippen LogP contribution in [-0.4, -0.2) is 20.4 Å². The smallest absolute Gasteiger partial charge is 0.106 e. The fourth-order valence-corrected chi connectivity index (χ4v) is 0.340. The Hall–Kier alpha value is -0.822. The van der Waals surface area contributed by atoms with Gasteiger partial charge in [0, 0.05) is 21.1 Å². The molecule has 1 aliphatic rings. The third-order valence-electron chi connectivity index (χ3n) is 0.586. The molecule has 3 nitrogen and oxygen atoms in total. The summed E-state index contributed by atoms with van der Waals surface area (Å²) in [6.07, 6.45) is 10.0. The SMILES string of the molecule is C=O.C=O.C=O.[C-]1=CC=CC1.[H-].[H-].[H-].[H-].[H-].[W]. The normalized spacial score (nSPS) is 8.33. The average molecular weight is 344 g/mol. The topological polar surface area (TPSA) is 51.2 Å². The zero-order chi connectivity index (χ0) is 9.54. The zero-order valence-corrected chi connectivity index (χ0v) is 9.63. The van der Waals surface area contributed by atoms with E-state index in [0.29, 0.717) is 0 Å². The van der Waals surface area contributed by atoms with Gasteiger partial charge in [0.1, 0.15) is 20.4 Å². The van der Waals surface area contributed by atoms with Gasteiger partial charge in [-0.15, -0.1) is 6.42 Å². The van der Waals surface area contributed by atoms with E-state index in [0.717, 1.165) is 6.42 Å². The molecule has 0 atom stereocenters. The minimum atomic E-state index is 0. The molecular formula is C8H16O3W-6. The maximum atomic E-state index is 8.00.